The van der Waals surface area contributed by atoms with Crippen molar-refractivity contribution in [3.8, 4) is 10.6 Å². The Kier molecular flexibility index (Phi) is 5.80. The van der Waals surface area contributed by atoms with Gasteiger partial charge in [-0.2, -0.15) is 4.72 Å². The van der Waals surface area contributed by atoms with Crippen molar-refractivity contribution < 1.29 is 23.1 Å². The van der Waals surface area contributed by atoms with Gasteiger partial charge in [-0.3, -0.25) is 14.6 Å². The molecule has 1 aliphatic rings. The molecule has 0 saturated carbocycles. The first-order valence-electron chi connectivity index (χ1n) is 8.01. The van der Waals surface area contributed by atoms with Gasteiger partial charge in [0, 0.05) is 12.7 Å². The van der Waals surface area contributed by atoms with Gasteiger partial charge < -0.3 is 10.0 Å². The maximum atomic E-state index is 12.6. The van der Waals surface area contributed by atoms with Gasteiger partial charge in [0.15, 0.2) is 0 Å². The van der Waals surface area contributed by atoms with Gasteiger partial charge in [-0.05, 0) is 37.1 Å². The predicted molar refractivity (Wildman–Crippen MR) is 100 cm³/mol. The number of halogens is 1. The number of nitrogens with zero attached hydrogens (tertiary/aromatic N) is 2. The van der Waals surface area contributed by atoms with Crippen LogP contribution >= 0.6 is 22.9 Å². The molecule has 1 amide bonds. The minimum atomic E-state index is -3.97. The van der Waals surface area contributed by atoms with Crippen LogP contribution in [-0.2, 0) is 19.6 Å². The van der Waals surface area contributed by atoms with Crippen LogP contribution in [0.2, 0.25) is 4.34 Å². The summed E-state index contributed by atoms with van der Waals surface area (Å²) in [5, 5.41) is 8.85. The number of aromatic nitrogens is 1. The van der Waals surface area contributed by atoms with Crippen molar-refractivity contribution in [2.45, 2.75) is 23.8 Å². The zero-order valence-electron chi connectivity index (χ0n) is 14.0. The van der Waals surface area contributed by atoms with E-state index in [2.05, 4.69) is 9.71 Å². The lowest BCUT2D eigenvalue weighted by Gasteiger charge is -2.31. The fourth-order valence-corrected chi connectivity index (χ4v) is 4.95. The number of rotatable bonds is 6. The van der Waals surface area contributed by atoms with Crippen molar-refractivity contribution in [3.63, 3.8) is 0 Å². The van der Waals surface area contributed by atoms with Crippen LogP contribution in [0.4, 0.5) is 0 Å². The Morgan fingerprint density at radius 2 is 2.15 bits per heavy atom. The first-order valence-corrected chi connectivity index (χ1v) is 10.7. The van der Waals surface area contributed by atoms with E-state index in [1.165, 1.54) is 23.6 Å². The first-order chi connectivity index (χ1) is 12.8. The minimum Gasteiger partial charge on any atom is -0.480 e. The molecular formula is C16H16ClN3O5S2. The number of carbonyl (C=O) groups excluding carboxylic acids is 1. The monoisotopic (exact) mass is 429 g/mol. The number of hydrogen-bond donors (Lipinski definition) is 2. The topological polar surface area (TPSA) is 117 Å². The zero-order chi connectivity index (χ0) is 19.6. The molecule has 3 heterocycles. The van der Waals surface area contributed by atoms with Crippen LogP contribution in [0.1, 0.15) is 12.8 Å². The van der Waals surface area contributed by atoms with Crippen LogP contribution in [0.15, 0.2) is 35.4 Å². The summed E-state index contributed by atoms with van der Waals surface area (Å²) in [6.45, 7) is -0.153. The van der Waals surface area contributed by atoms with E-state index in [0.717, 1.165) is 9.78 Å². The molecule has 0 bridgehead atoms. The molecule has 3 rings (SSSR count). The first kappa shape index (κ1) is 19.7. The van der Waals surface area contributed by atoms with E-state index in [9.17, 15) is 18.0 Å². The molecule has 1 atom stereocenters. The Labute approximate surface area is 164 Å². The highest BCUT2D eigenvalue weighted by molar-refractivity contribution is 7.89. The Balaban J connectivity index is 1.74. The molecule has 11 heteroatoms. The number of carboxylic acids is 1. The standard InChI is InChI=1S/C16H16ClN3O5S2/c17-14-6-5-13(26-14)11-4-3-10(8-18-11)27(24,25)19-12-2-1-7-20(16(12)23)9-15(21)22/h3-6,8,12,19H,1-2,7,9H2,(H,21,22). The third-order valence-electron chi connectivity index (χ3n) is 4.03. The predicted octanol–water partition coefficient (Wildman–Crippen LogP) is 1.82. The van der Waals surface area contributed by atoms with Crippen molar-refractivity contribution in [1.29, 1.82) is 0 Å². The summed E-state index contributed by atoms with van der Waals surface area (Å²) in [4.78, 5) is 29.2. The normalized spacial score (nSPS) is 17.9. The van der Waals surface area contributed by atoms with E-state index in [1.807, 2.05) is 0 Å². The van der Waals surface area contributed by atoms with Crippen molar-refractivity contribution in [3.05, 3.63) is 34.8 Å². The molecular weight excluding hydrogens is 414 g/mol. The molecule has 2 aromatic rings. The fourth-order valence-electron chi connectivity index (χ4n) is 2.76. The molecule has 1 aliphatic heterocycles. The molecule has 8 nitrogen and oxygen atoms in total. The van der Waals surface area contributed by atoms with Crippen LogP contribution in [0, 0.1) is 0 Å². The van der Waals surface area contributed by atoms with Crippen LogP contribution in [0.3, 0.4) is 0 Å². The Morgan fingerprint density at radius 3 is 2.74 bits per heavy atom. The molecule has 0 aromatic carbocycles. The third-order valence-corrected chi connectivity index (χ3v) is 6.74. The average Bonchev–Trinajstić information content (AvgIpc) is 3.04. The molecule has 2 N–H and O–H groups in total. The summed E-state index contributed by atoms with van der Waals surface area (Å²) in [6.07, 6.45) is 2.05. The molecule has 2 aromatic heterocycles. The smallest absolute Gasteiger partial charge is 0.323 e. The number of piperidine rings is 1. The summed E-state index contributed by atoms with van der Waals surface area (Å²) in [6, 6.07) is 5.50. The maximum absolute atomic E-state index is 12.6. The molecule has 1 unspecified atom stereocenters. The van der Waals surface area contributed by atoms with E-state index in [0.29, 0.717) is 29.4 Å². The number of sulfonamides is 1. The van der Waals surface area contributed by atoms with Crippen LogP contribution in [0.25, 0.3) is 10.6 Å². The number of aliphatic carboxylic acids is 1. The van der Waals surface area contributed by atoms with E-state index in [1.54, 1.807) is 18.2 Å². The maximum Gasteiger partial charge on any atom is 0.323 e. The SMILES string of the molecule is O=C(O)CN1CCCC(NS(=O)(=O)c2ccc(-c3ccc(Cl)s3)nc2)C1=O. The number of likely N-dealkylation sites (tertiary alicyclic amines) is 1. The third kappa shape index (κ3) is 4.64. The van der Waals surface area contributed by atoms with Gasteiger partial charge in [-0.15, -0.1) is 11.3 Å². The van der Waals surface area contributed by atoms with Crippen molar-refractivity contribution >= 4 is 44.8 Å². The van der Waals surface area contributed by atoms with Gasteiger partial charge in [0.1, 0.15) is 17.5 Å². The number of hydrogen-bond acceptors (Lipinski definition) is 6. The lowest BCUT2D eigenvalue weighted by molar-refractivity contribution is -0.146. The van der Waals surface area contributed by atoms with Crippen LogP contribution in [-0.4, -0.2) is 54.4 Å². The average molecular weight is 430 g/mol. The highest BCUT2D eigenvalue weighted by atomic mass is 35.5. The second-order valence-electron chi connectivity index (χ2n) is 5.95. The molecule has 0 spiro atoms. The van der Waals surface area contributed by atoms with Gasteiger partial charge in [-0.1, -0.05) is 11.6 Å². The number of thiophene rings is 1. The van der Waals surface area contributed by atoms with E-state index < -0.39 is 34.5 Å². The second kappa shape index (κ2) is 7.93. The van der Waals surface area contributed by atoms with Crippen LogP contribution in [0.5, 0.6) is 0 Å². The summed E-state index contributed by atoms with van der Waals surface area (Å²) in [7, 11) is -3.97. The van der Waals surface area contributed by atoms with Gasteiger partial charge in [0.2, 0.25) is 15.9 Å². The van der Waals surface area contributed by atoms with Gasteiger partial charge >= 0.3 is 5.97 Å². The van der Waals surface area contributed by atoms with Gasteiger partial charge in [-0.25, -0.2) is 8.42 Å². The Hall–Kier alpha value is -2.01. The van der Waals surface area contributed by atoms with Crippen LogP contribution < -0.4 is 4.72 Å². The number of pyridine rings is 1. The van der Waals surface area contributed by atoms with E-state index >= 15 is 0 Å². The van der Waals surface area contributed by atoms with E-state index in [4.69, 9.17) is 16.7 Å². The zero-order valence-corrected chi connectivity index (χ0v) is 16.4. The molecule has 0 radical (unpaired) electrons. The molecule has 27 heavy (non-hydrogen) atoms. The lowest BCUT2D eigenvalue weighted by Crippen LogP contribution is -2.53. The molecule has 0 aliphatic carbocycles. The highest BCUT2D eigenvalue weighted by Gasteiger charge is 2.33. The van der Waals surface area contributed by atoms with E-state index in [-0.39, 0.29) is 4.90 Å². The molecule has 144 valence electrons. The summed E-state index contributed by atoms with van der Waals surface area (Å²) >= 11 is 7.22. The second-order valence-corrected chi connectivity index (χ2v) is 9.38. The summed E-state index contributed by atoms with van der Waals surface area (Å²) in [5.41, 5.74) is 0.590. The van der Waals surface area contributed by atoms with Gasteiger partial charge in [0.05, 0.1) is 14.9 Å². The summed E-state index contributed by atoms with van der Waals surface area (Å²) < 4.78 is 28.1. The number of amides is 1. The Bertz CT molecular complexity index is 959. The molecule has 1 fully saturated rings. The number of nitrogens with one attached hydrogen (secondary N) is 1. The quantitative estimate of drug-likeness (QED) is 0.723. The Morgan fingerprint density at radius 1 is 1.37 bits per heavy atom. The summed E-state index contributed by atoms with van der Waals surface area (Å²) in [5.74, 6) is -1.68. The fraction of sp³-hybridized carbons (Fsp3) is 0.312. The van der Waals surface area contributed by atoms with Crippen molar-refractivity contribution in [1.82, 2.24) is 14.6 Å². The molecule has 1 saturated heterocycles. The highest BCUT2D eigenvalue weighted by Crippen LogP contribution is 2.30. The lowest BCUT2D eigenvalue weighted by atomic mass is 10.1. The number of carbonyl (C=O) groups is 2. The minimum absolute atomic E-state index is 0.0722. The largest absolute Gasteiger partial charge is 0.480 e. The van der Waals surface area contributed by atoms with Crippen molar-refractivity contribution in [2.75, 3.05) is 13.1 Å². The number of carboxylic acid groups (broad SMARTS) is 1. The van der Waals surface area contributed by atoms with Gasteiger partial charge in [0.25, 0.3) is 0 Å². The van der Waals surface area contributed by atoms with Crippen molar-refractivity contribution in [2.24, 2.45) is 0 Å².